The normalized spacial score (nSPS) is 11.1. The van der Waals surface area contributed by atoms with E-state index in [2.05, 4.69) is 27.3 Å². The third kappa shape index (κ3) is 5.62. The molecule has 0 saturated heterocycles. The van der Waals surface area contributed by atoms with Gasteiger partial charge in [0.2, 0.25) is 11.8 Å². The van der Waals surface area contributed by atoms with Crippen molar-refractivity contribution in [3.63, 3.8) is 0 Å². The van der Waals surface area contributed by atoms with E-state index in [0.29, 0.717) is 0 Å². The van der Waals surface area contributed by atoms with Crippen molar-refractivity contribution >= 4 is 33.4 Å². The molecule has 24 heavy (non-hydrogen) atoms. The van der Waals surface area contributed by atoms with E-state index in [0.717, 1.165) is 15.7 Å². The van der Waals surface area contributed by atoms with Crippen LogP contribution in [0.1, 0.15) is 19.4 Å². The minimum Gasteiger partial charge on any atom is -0.326 e. The maximum absolute atomic E-state index is 12.2. The lowest BCUT2D eigenvalue weighted by Gasteiger charge is -2.30. The van der Waals surface area contributed by atoms with Crippen LogP contribution in [0.15, 0.2) is 22.7 Å². The van der Waals surface area contributed by atoms with Crippen molar-refractivity contribution in [3.05, 3.63) is 28.2 Å². The molecule has 0 bridgehead atoms. The largest absolute Gasteiger partial charge is 0.326 e. The lowest BCUT2D eigenvalue weighted by molar-refractivity contribution is -0.134. The van der Waals surface area contributed by atoms with E-state index in [-0.39, 0.29) is 24.9 Å². The molecule has 0 aliphatic carbocycles. The van der Waals surface area contributed by atoms with Crippen LogP contribution < -0.4 is 5.32 Å². The molecule has 2 amide bonds. The van der Waals surface area contributed by atoms with Crippen LogP contribution in [0, 0.1) is 18.3 Å². The quantitative estimate of drug-likeness (QED) is 0.803. The van der Waals surface area contributed by atoms with Crippen LogP contribution in [0.2, 0.25) is 0 Å². The molecule has 1 aromatic rings. The highest BCUT2D eigenvalue weighted by molar-refractivity contribution is 9.10. The number of carbonyl (C=O) groups excluding carboxylic acids is 2. The van der Waals surface area contributed by atoms with Crippen LogP contribution in [0.3, 0.4) is 0 Å². The molecule has 1 N–H and O–H groups in total. The molecule has 0 aromatic heterocycles. The van der Waals surface area contributed by atoms with Crippen LogP contribution in [0.5, 0.6) is 0 Å². The average molecular weight is 395 g/mol. The minimum atomic E-state index is -0.880. The smallest absolute Gasteiger partial charge is 0.238 e. The Morgan fingerprint density at radius 3 is 2.46 bits per heavy atom. The zero-order valence-electron chi connectivity index (χ0n) is 14.7. The number of likely N-dealkylation sites (N-methyl/N-ethyl adjacent to an activating group) is 2. The Morgan fingerprint density at radius 1 is 1.29 bits per heavy atom. The first-order chi connectivity index (χ1) is 11.1. The fourth-order valence-electron chi connectivity index (χ4n) is 1.98. The molecule has 7 heteroatoms. The number of benzene rings is 1. The summed E-state index contributed by atoms with van der Waals surface area (Å²) in [5.74, 6) is -0.408. The number of hydrogen-bond acceptors (Lipinski definition) is 4. The summed E-state index contributed by atoms with van der Waals surface area (Å²) in [7, 11) is 3.28. The summed E-state index contributed by atoms with van der Waals surface area (Å²) in [5.41, 5.74) is 0.812. The molecule has 0 spiro atoms. The molecule has 0 fully saturated rings. The van der Waals surface area contributed by atoms with E-state index in [1.165, 1.54) is 4.90 Å². The van der Waals surface area contributed by atoms with Crippen molar-refractivity contribution in [1.29, 1.82) is 5.26 Å². The van der Waals surface area contributed by atoms with Gasteiger partial charge in [-0.1, -0.05) is 15.9 Å². The zero-order chi connectivity index (χ0) is 18.5. The number of nitriles is 1. The molecule has 0 aliphatic rings. The first-order valence-corrected chi connectivity index (χ1v) is 8.28. The fraction of sp³-hybridized carbons (Fsp3) is 0.471. The maximum Gasteiger partial charge on any atom is 0.238 e. The summed E-state index contributed by atoms with van der Waals surface area (Å²) in [4.78, 5) is 27.3. The van der Waals surface area contributed by atoms with Gasteiger partial charge in [-0.05, 0) is 51.6 Å². The van der Waals surface area contributed by atoms with Crippen LogP contribution in [0.4, 0.5) is 5.69 Å². The summed E-state index contributed by atoms with van der Waals surface area (Å²) >= 11 is 3.38. The molecule has 6 nitrogen and oxygen atoms in total. The number of nitrogens with zero attached hydrogens (tertiary/aromatic N) is 3. The van der Waals surface area contributed by atoms with Gasteiger partial charge in [0.15, 0.2) is 0 Å². The van der Waals surface area contributed by atoms with Gasteiger partial charge in [-0.3, -0.25) is 14.5 Å². The van der Waals surface area contributed by atoms with Crippen molar-refractivity contribution in [2.75, 3.05) is 32.5 Å². The second-order valence-electron chi connectivity index (χ2n) is 6.30. The van der Waals surface area contributed by atoms with E-state index < -0.39 is 5.54 Å². The van der Waals surface area contributed by atoms with E-state index in [9.17, 15) is 9.59 Å². The molecule has 130 valence electrons. The Labute approximate surface area is 151 Å². The summed E-state index contributed by atoms with van der Waals surface area (Å²) in [5, 5.41) is 11.9. The van der Waals surface area contributed by atoms with Gasteiger partial charge in [0, 0.05) is 17.2 Å². The standard InChI is InChI=1S/C17H23BrN4O2/c1-12-8-13(18)6-7-14(12)20-15(23)9-21(4)10-16(24)22(5)17(2,3)11-19/h6-8H,9-10H2,1-5H3,(H,20,23). The van der Waals surface area contributed by atoms with Crippen LogP contribution in [-0.2, 0) is 9.59 Å². The topological polar surface area (TPSA) is 76.4 Å². The second-order valence-corrected chi connectivity index (χ2v) is 7.22. The number of rotatable bonds is 6. The van der Waals surface area contributed by atoms with E-state index >= 15 is 0 Å². The van der Waals surface area contributed by atoms with Gasteiger partial charge in [-0.2, -0.15) is 5.26 Å². The summed E-state index contributed by atoms with van der Waals surface area (Å²) in [6.07, 6.45) is 0. The van der Waals surface area contributed by atoms with E-state index in [4.69, 9.17) is 5.26 Å². The Kier molecular flexibility index (Phi) is 6.93. The Bertz CT molecular complexity index is 667. The Hall–Kier alpha value is -1.91. The van der Waals surface area contributed by atoms with Crippen molar-refractivity contribution in [3.8, 4) is 6.07 Å². The number of amides is 2. The highest BCUT2D eigenvalue weighted by Gasteiger charge is 2.27. The summed E-state index contributed by atoms with van der Waals surface area (Å²) < 4.78 is 0.948. The van der Waals surface area contributed by atoms with Crippen molar-refractivity contribution < 1.29 is 9.59 Å². The number of aryl methyl sites for hydroxylation is 1. The highest BCUT2D eigenvalue weighted by Crippen LogP contribution is 2.20. The second kappa shape index (κ2) is 8.27. The van der Waals surface area contributed by atoms with E-state index in [1.54, 1.807) is 32.8 Å². The number of halogens is 1. The highest BCUT2D eigenvalue weighted by atomic mass is 79.9. The van der Waals surface area contributed by atoms with Gasteiger partial charge >= 0.3 is 0 Å². The predicted molar refractivity (Wildman–Crippen MR) is 97.5 cm³/mol. The average Bonchev–Trinajstić information content (AvgIpc) is 2.48. The minimum absolute atomic E-state index is 0.0638. The maximum atomic E-state index is 12.2. The lowest BCUT2D eigenvalue weighted by atomic mass is 10.1. The molecule has 0 aliphatic heterocycles. The number of anilines is 1. The number of nitrogens with one attached hydrogen (secondary N) is 1. The molecular weight excluding hydrogens is 372 g/mol. The summed E-state index contributed by atoms with van der Waals surface area (Å²) in [6, 6.07) is 7.68. The SMILES string of the molecule is Cc1cc(Br)ccc1NC(=O)CN(C)CC(=O)N(C)C(C)(C)C#N. The van der Waals surface area contributed by atoms with Crippen LogP contribution in [0.25, 0.3) is 0 Å². The van der Waals surface area contributed by atoms with Gasteiger partial charge in [-0.25, -0.2) is 0 Å². The monoisotopic (exact) mass is 394 g/mol. The van der Waals surface area contributed by atoms with E-state index in [1.807, 2.05) is 25.1 Å². The first kappa shape index (κ1) is 20.1. The Morgan fingerprint density at radius 2 is 1.92 bits per heavy atom. The fourth-order valence-corrected chi connectivity index (χ4v) is 2.46. The number of hydrogen-bond donors (Lipinski definition) is 1. The van der Waals surface area contributed by atoms with Gasteiger partial charge in [0.1, 0.15) is 5.54 Å². The molecule has 1 aromatic carbocycles. The summed E-state index contributed by atoms with van der Waals surface area (Å²) in [6.45, 7) is 5.41. The lowest BCUT2D eigenvalue weighted by Crippen LogP contribution is -2.48. The first-order valence-electron chi connectivity index (χ1n) is 7.49. The molecule has 0 radical (unpaired) electrons. The van der Waals surface area contributed by atoms with Gasteiger partial charge in [0.25, 0.3) is 0 Å². The van der Waals surface area contributed by atoms with Crippen LogP contribution in [-0.4, -0.2) is 54.3 Å². The predicted octanol–water partition coefficient (Wildman–Crippen LogP) is 2.39. The molecule has 0 heterocycles. The van der Waals surface area contributed by atoms with Crippen molar-refractivity contribution in [1.82, 2.24) is 9.80 Å². The molecule has 0 saturated carbocycles. The van der Waals surface area contributed by atoms with Crippen molar-refractivity contribution in [2.45, 2.75) is 26.3 Å². The van der Waals surface area contributed by atoms with Gasteiger partial charge in [-0.15, -0.1) is 0 Å². The third-order valence-electron chi connectivity index (χ3n) is 3.77. The Balaban J connectivity index is 2.58. The van der Waals surface area contributed by atoms with Gasteiger partial charge in [0.05, 0.1) is 19.2 Å². The van der Waals surface area contributed by atoms with Crippen LogP contribution >= 0.6 is 15.9 Å². The zero-order valence-corrected chi connectivity index (χ0v) is 16.3. The molecule has 0 atom stereocenters. The van der Waals surface area contributed by atoms with Gasteiger partial charge < -0.3 is 10.2 Å². The molecule has 1 rings (SSSR count). The number of carbonyl (C=O) groups is 2. The third-order valence-corrected chi connectivity index (χ3v) is 4.26. The van der Waals surface area contributed by atoms with Crippen molar-refractivity contribution in [2.24, 2.45) is 0 Å². The molecule has 0 unspecified atom stereocenters. The molecular formula is C17H23BrN4O2.